The molecule has 0 aliphatic carbocycles. The third-order valence-electron chi connectivity index (χ3n) is 4.57. The van der Waals surface area contributed by atoms with Crippen molar-refractivity contribution in [1.29, 1.82) is 5.26 Å². The molecule has 3 atom stereocenters. The van der Waals surface area contributed by atoms with Crippen molar-refractivity contribution in [3.05, 3.63) is 35.9 Å². The van der Waals surface area contributed by atoms with E-state index in [1.165, 1.54) is 5.56 Å². The fourth-order valence-corrected chi connectivity index (χ4v) is 3.57. The van der Waals surface area contributed by atoms with Crippen molar-refractivity contribution in [2.24, 2.45) is 11.8 Å². The standard InChI is InChI=1S/C18H24N2O/c1-3-17-16(11-14(2)21)9-10-20(18(17)12-19)13-15-7-5-4-6-8-15/h4-8,16-18H,3,9-11,13H2,1-2H3/t16-,17+,18-/m1/s1. The summed E-state index contributed by atoms with van der Waals surface area (Å²) in [6.07, 6.45) is 2.60. The summed E-state index contributed by atoms with van der Waals surface area (Å²) in [4.78, 5) is 13.7. The SMILES string of the molecule is CC[C@H]1[C@@H](CC(C)=O)CCN(Cc2ccccc2)[C@@H]1C#N. The molecule has 1 aromatic rings. The van der Waals surface area contributed by atoms with E-state index in [1.807, 2.05) is 18.2 Å². The van der Waals surface area contributed by atoms with Crippen LogP contribution in [0.3, 0.4) is 0 Å². The summed E-state index contributed by atoms with van der Waals surface area (Å²) in [6, 6.07) is 12.7. The Morgan fingerprint density at radius 2 is 2.10 bits per heavy atom. The number of nitrogens with zero attached hydrogens (tertiary/aromatic N) is 2. The molecule has 1 aromatic carbocycles. The molecule has 0 bridgehead atoms. The molecule has 3 heteroatoms. The second-order valence-corrected chi connectivity index (χ2v) is 6.06. The summed E-state index contributed by atoms with van der Waals surface area (Å²) in [5.41, 5.74) is 1.25. The van der Waals surface area contributed by atoms with Crippen molar-refractivity contribution < 1.29 is 4.79 Å². The number of carbonyl (C=O) groups excluding carboxylic acids is 1. The smallest absolute Gasteiger partial charge is 0.130 e. The number of rotatable bonds is 5. The van der Waals surface area contributed by atoms with Crippen LogP contribution in [0, 0.1) is 23.2 Å². The van der Waals surface area contributed by atoms with Gasteiger partial charge in [-0.3, -0.25) is 4.90 Å². The highest BCUT2D eigenvalue weighted by Gasteiger charge is 2.37. The molecule has 112 valence electrons. The number of hydrogen-bond acceptors (Lipinski definition) is 3. The van der Waals surface area contributed by atoms with Crippen LogP contribution in [0.5, 0.6) is 0 Å². The highest BCUT2D eigenvalue weighted by atomic mass is 16.1. The zero-order valence-corrected chi connectivity index (χ0v) is 13.0. The Labute approximate surface area is 127 Å². The average Bonchev–Trinajstić information content (AvgIpc) is 2.48. The largest absolute Gasteiger partial charge is 0.300 e. The first-order valence-corrected chi connectivity index (χ1v) is 7.82. The molecule has 2 rings (SSSR count). The van der Waals surface area contributed by atoms with Crippen LogP contribution >= 0.6 is 0 Å². The summed E-state index contributed by atoms with van der Waals surface area (Å²) in [6.45, 7) is 5.52. The van der Waals surface area contributed by atoms with Crippen molar-refractivity contribution in [3.63, 3.8) is 0 Å². The van der Waals surface area contributed by atoms with Crippen LogP contribution < -0.4 is 0 Å². The summed E-state index contributed by atoms with van der Waals surface area (Å²) in [5.74, 6) is 0.909. The van der Waals surface area contributed by atoms with Crippen molar-refractivity contribution in [2.75, 3.05) is 6.54 Å². The number of benzene rings is 1. The van der Waals surface area contributed by atoms with E-state index in [-0.39, 0.29) is 11.8 Å². The number of carbonyl (C=O) groups is 1. The van der Waals surface area contributed by atoms with Gasteiger partial charge in [0.2, 0.25) is 0 Å². The van der Waals surface area contributed by atoms with Crippen LogP contribution in [0.25, 0.3) is 0 Å². The van der Waals surface area contributed by atoms with Gasteiger partial charge in [-0.2, -0.15) is 5.26 Å². The monoisotopic (exact) mass is 284 g/mol. The van der Waals surface area contributed by atoms with Gasteiger partial charge in [-0.05, 0) is 30.7 Å². The number of piperidine rings is 1. The minimum absolute atomic E-state index is 0.0756. The summed E-state index contributed by atoms with van der Waals surface area (Å²) in [7, 11) is 0. The Bertz CT molecular complexity index is 506. The first-order chi connectivity index (χ1) is 10.2. The van der Waals surface area contributed by atoms with E-state index >= 15 is 0 Å². The van der Waals surface area contributed by atoms with Crippen molar-refractivity contribution >= 4 is 5.78 Å². The van der Waals surface area contributed by atoms with E-state index < -0.39 is 0 Å². The Morgan fingerprint density at radius 3 is 2.67 bits per heavy atom. The molecule has 1 fully saturated rings. The minimum atomic E-state index is -0.0756. The summed E-state index contributed by atoms with van der Waals surface area (Å²) >= 11 is 0. The van der Waals surface area contributed by atoms with Crippen molar-refractivity contribution in [1.82, 2.24) is 4.90 Å². The van der Waals surface area contributed by atoms with E-state index in [4.69, 9.17) is 0 Å². The lowest BCUT2D eigenvalue weighted by atomic mass is 9.76. The third-order valence-corrected chi connectivity index (χ3v) is 4.57. The molecule has 1 aliphatic rings. The molecule has 1 heterocycles. The molecule has 3 nitrogen and oxygen atoms in total. The van der Waals surface area contributed by atoms with Crippen LogP contribution in [0.2, 0.25) is 0 Å². The van der Waals surface area contributed by atoms with Gasteiger partial charge in [0, 0.05) is 19.5 Å². The van der Waals surface area contributed by atoms with Gasteiger partial charge in [0.25, 0.3) is 0 Å². The molecule has 1 saturated heterocycles. The average molecular weight is 284 g/mol. The van der Waals surface area contributed by atoms with E-state index in [1.54, 1.807) is 6.92 Å². The van der Waals surface area contributed by atoms with Crippen LogP contribution in [-0.2, 0) is 11.3 Å². The van der Waals surface area contributed by atoms with E-state index in [0.29, 0.717) is 18.3 Å². The molecule has 0 radical (unpaired) electrons. The lowest BCUT2D eigenvalue weighted by Gasteiger charge is -2.42. The van der Waals surface area contributed by atoms with Gasteiger partial charge < -0.3 is 4.79 Å². The zero-order chi connectivity index (χ0) is 15.2. The molecular weight excluding hydrogens is 260 g/mol. The maximum Gasteiger partial charge on any atom is 0.130 e. The topological polar surface area (TPSA) is 44.1 Å². The first-order valence-electron chi connectivity index (χ1n) is 7.82. The molecule has 0 unspecified atom stereocenters. The molecule has 0 N–H and O–H groups in total. The predicted octanol–water partition coefficient (Wildman–Crippen LogP) is 3.41. The van der Waals surface area contributed by atoms with Gasteiger partial charge in [-0.25, -0.2) is 0 Å². The van der Waals surface area contributed by atoms with Crippen LogP contribution in [-0.4, -0.2) is 23.3 Å². The highest BCUT2D eigenvalue weighted by molar-refractivity contribution is 5.75. The van der Waals surface area contributed by atoms with Crippen molar-refractivity contribution in [2.45, 2.75) is 45.7 Å². The number of ketones is 1. The van der Waals surface area contributed by atoms with Gasteiger partial charge >= 0.3 is 0 Å². The Morgan fingerprint density at radius 1 is 1.38 bits per heavy atom. The fourth-order valence-electron chi connectivity index (χ4n) is 3.57. The van der Waals surface area contributed by atoms with Gasteiger partial charge in [0.05, 0.1) is 6.07 Å². The number of hydrogen-bond donors (Lipinski definition) is 0. The minimum Gasteiger partial charge on any atom is -0.300 e. The highest BCUT2D eigenvalue weighted by Crippen LogP contribution is 2.34. The van der Waals surface area contributed by atoms with Gasteiger partial charge in [0.1, 0.15) is 11.8 Å². The summed E-state index contributed by atoms with van der Waals surface area (Å²) in [5, 5.41) is 9.62. The predicted molar refractivity (Wildman–Crippen MR) is 83.4 cm³/mol. The van der Waals surface area contributed by atoms with E-state index in [9.17, 15) is 10.1 Å². The second kappa shape index (κ2) is 7.38. The second-order valence-electron chi connectivity index (χ2n) is 6.06. The Hall–Kier alpha value is -1.66. The maximum atomic E-state index is 11.4. The zero-order valence-electron chi connectivity index (χ0n) is 13.0. The molecule has 0 spiro atoms. The molecular formula is C18H24N2O. The molecule has 0 amide bonds. The van der Waals surface area contributed by atoms with Gasteiger partial charge in [-0.15, -0.1) is 0 Å². The number of likely N-dealkylation sites (tertiary alicyclic amines) is 1. The van der Waals surface area contributed by atoms with Gasteiger partial charge in [0.15, 0.2) is 0 Å². The van der Waals surface area contributed by atoms with Gasteiger partial charge in [-0.1, -0.05) is 43.7 Å². The number of nitriles is 1. The Balaban J connectivity index is 2.11. The fraction of sp³-hybridized carbons (Fsp3) is 0.556. The number of Topliss-reactive ketones (excluding diaryl/α,β-unsaturated/α-hetero) is 1. The maximum absolute atomic E-state index is 11.4. The molecule has 0 saturated carbocycles. The van der Waals surface area contributed by atoms with Crippen LogP contribution in [0.15, 0.2) is 30.3 Å². The van der Waals surface area contributed by atoms with Crippen molar-refractivity contribution in [3.8, 4) is 6.07 Å². The lowest BCUT2D eigenvalue weighted by molar-refractivity contribution is -0.119. The molecule has 21 heavy (non-hydrogen) atoms. The van der Waals surface area contributed by atoms with Crippen LogP contribution in [0.4, 0.5) is 0 Å². The van der Waals surface area contributed by atoms with Crippen LogP contribution in [0.1, 0.15) is 38.7 Å². The normalized spacial score (nSPS) is 26.2. The van der Waals surface area contributed by atoms with E-state index in [2.05, 4.69) is 30.0 Å². The van der Waals surface area contributed by atoms with E-state index in [0.717, 1.165) is 25.9 Å². The quantitative estimate of drug-likeness (QED) is 0.832. The lowest BCUT2D eigenvalue weighted by Crippen LogP contribution is -2.48. The first kappa shape index (κ1) is 15.7. The summed E-state index contributed by atoms with van der Waals surface area (Å²) < 4.78 is 0. The third kappa shape index (κ3) is 3.92. The molecule has 0 aromatic heterocycles. The molecule has 1 aliphatic heterocycles. The Kier molecular flexibility index (Phi) is 5.52.